The number of nitrogens with one attached hydrogen (secondary N) is 2. The lowest BCUT2D eigenvalue weighted by molar-refractivity contribution is 0.241. The summed E-state index contributed by atoms with van der Waals surface area (Å²) in [4.78, 5) is 5.75. The summed E-state index contributed by atoms with van der Waals surface area (Å²) in [5.74, 6) is 0. The average molecular weight is 229 g/mol. The number of nitrogens with zero attached hydrogens (tertiary/aromatic N) is 1. The predicted molar refractivity (Wildman–Crippen MR) is 71.3 cm³/mol. The molecule has 3 heteroatoms. The summed E-state index contributed by atoms with van der Waals surface area (Å²) in [6.45, 7) is 5.41. The normalized spacial score (nSPS) is 22.1. The van der Waals surface area contributed by atoms with Gasteiger partial charge in [0.1, 0.15) is 0 Å². The third-order valence-corrected chi connectivity index (χ3v) is 3.56. The lowest BCUT2D eigenvalue weighted by atomic mass is 10.0. The number of aryl methyl sites for hydroxylation is 1. The topological polar surface area (TPSA) is 31.1 Å². The molecule has 0 spiro atoms. The Morgan fingerprint density at radius 3 is 3.00 bits per heavy atom. The first-order valence-electron chi connectivity index (χ1n) is 6.23. The molecule has 0 bridgehead atoms. The number of piperazine rings is 1. The van der Waals surface area contributed by atoms with Crippen LogP contribution in [0.2, 0.25) is 0 Å². The van der Waals surface area contributed by atoms with Crippen molar-refractivity contribution in [1.82, 2.24) is 15.2 Å². The Kier molecular flexibility index (Phi) is 2.65. The number of fused-ring (bicyclic) bond motifs is 1. The third kappa shape index (κ3) is 2.08. The second-order valence-corrected chi connectivity index (χ2v) is 5.07. The Balaban J connectivity index is 1.94. The molecule has 0 aliphatic carbocycles. The summed E-state index contributed by atoms with van der Waals surface area (Å²) in [5.41, 5.74) is 3.85. The van der Waals surface area contributed by atoms with Crippen molar-refractivity contribution >= 4 is 10.9 Å². The van der Waals surface area contributed by atoms with Gasteiger partial charge in [-0.15, -0.1) is 0 Å². The Labute approximate surface area is 102 Å². The van der Waals surface area contributed by atoms with E-state index in [1.54, 1.807) is 0 Å². The van der Waals surface area contributed by atoms with Crippen LogP contribution in [-0.4, -0.2) is 36.6 Å². The molecule has 2 heterocycles. The van der Waals surface area contributed by atoms with Crippen molar-refractivity contribution in [2.45, 2.75) is 13.0 Å². The Bertz CT molecular complexity index is 529. The first kappa shape index (κ1) is 10.8. The largest absolute Gasteiger partial charge is 0.359 e. The Morgan fingerprint density at radius 1 is 1.29 bits per heavy atom. The monoisotopic (exact) mass is 229 g/mol. The number of aromatic nitrogens is 1. The van der Waals surface area contributed by atoms with Gasteiger partial charge in [-0.25, -0.2) is 0 Å². The lowest BCUT2D eigenvalue weighted by Gasteiger charge is -2.31. The van der Waals surface area contributed by atoms with Gasteiger partial charge in [0.25, 0.3) is 0 Å². The molecule has 0 saturated carbocycles. The van der Waals surface area contributed by atoms with E-state index in [2.05, 4.69) is 53.4 Å². The minimum absolute atomic E-state index is 0.466. The lowest BCUT2D eigenvalue weighted by Crippen LogP contribution is -2.43. The number of hydrogen-bond acceptors (Lipinski definition) is 2. The van der Waals surface area contributed by atoms with Crippen LogP contribution >= 0.6 is 0 Å². The van der Waals surface area contributed by atoms with Crippen molar-refractivity contribution < 1.29 is 0 Å². The van der Waals surface area contributed by atoms with Gasteiger partial charge in [-0.1, -0.05) is 6.07 Å². The summed E-state index contributed by atoms with van der Waals surface area (Å²) in [5, 5.41) is 4.90. The number of aromatic amines is 1. The molecule has 3 nitrogen and oxygen atoms in total. The number of benzene rings is 1. The molecule has 1 fully saturated rings. The van der Waals surface area contributed by atoms with Crippen LogP contribution in [0.25, 0.3) is 10.9 Å². The summed E-state index contributed by atoms with van der Waals surface area (Å²) in [6, 6.07) is 9.40. The maximum atomic E-state index is 3.59. The molecule has 1 aliphatic rings. The van der Waals surface area contributed by atoms with Crippen molar-refractivity contribution in [3.63, 3.8) is 0 Å². The van der Waals surface area contributed by atoms with Gasteiger partial charge in [-0.05, 0) is 43.1 Å². The van der Waals surface area contributed by atoms with Crippen LogP contribution in [0.3, 0.4) is 0 Å². The van der Waals surface area contributed by atoms with E-state index in [1.165, 1.54) is 22.2 Å². The van der Waals surface area contributed by atoms with Gasteiger partial charge in [-0.3, -0.25) is 0 Å². The van der Waals surface area contributed by atoms with E-state index in [1.807, 2.05) is 0 Å². The zero-order valence-corrected chi connectivity index (χ0v) is 10.5. The van der Waals surface area contributed by atoms with Crippen molar-refractivity contribution in [2.24, 2.45) is 0 Å². The van der Waals surface area contributed by atoms with Crippen molar-refractivity contribution in [1.29, 1.82) is 0 Å². The highest BCUT2D eigenvalue weighted by atomic mass is 15.2. The molecular weight excluding hydrogens is 210 g/mol. The quantitative estimate of drug-likeness (QED) is 0.784. The second-order valence-electron chi connectivity index (χ2n) is 5.07. The molecule has 3 rings (SSSR count). The van der Waals surface area contributed by atoms with Gasteiger partial charge in [0.05, 0.1) is 0 Å². The average Bonchev–Trinajstić information content (AvgIpc) is 2.68. The van der Waals surface area contributed by atoms with Gasteiger partial charge in [0, 0.05) is 36.9 Å². The standard InChI is InChI=1S/C14H19N3/c1-10-7-12-8-11(3-4-13(12)16-10)14-9-17(2)6-5-15-14/h3-4,7-8,14-16H,5-6,9H2,1-2H3. The van der Waals surface area contributed by atoms with Crippen LogP contribution in [-0.2, 0) is 0 Å². The first-order valence-corrected chi connectivity index (χ1v) is 6.23. The van der Waals surface area contributed by atoms with E-state index in [0.717, 1.165) is 19.6 Å². The van der Waals surface area contributed by atoms with Crippen LogP contribution in [0.5, 0.6) is 0 Å². The number of H-pyrrole nitrogens is 1. The smallest absolute Gasteiger partial charge is 0.0456 e. The van der Waals surface area contributed by atoms with Crippen LogP contribution in [0.15, 0.2) is 24.3 Å². The van der Waals surface area contributed by atoms with Crippen molar-refractivity contribution in [2.75, 3.05) is 26.7 Å². The van der Waals surface area contributed by atoms with E-state index >= 15 is 0 Å². The fourth-order valence-corrected chi connectivity index (χ4v) is 2.63. The molecule has 1 aliphatic heterocycles. The molecule has 1 unspecified atom stereocenters. The van der Waals surface area contributed by atoms with Crippen LogP contribution in [0.4, 0.5) is 0 Å². The highest BCUT2D eigenvalue weighted by molar-refractivity contribution is 5.81. The summed E-state index contributed by atoms with van der Waals surface area (Å²) >= 11 is 0. The molecule has 1 saturated heterocycles. The zero-order valence-electron chi connectivity index (χ0n) is 10.5. The number of hydrogen-bond donors (Lipinski definition) is 2. The number of likely N-dealkylation sites (N-methyl/N-ethyl adjacent to an activating group) is 1. The van der Waals surface area contributed by atoms with Crippen molar-refractivity contribution in [3.05, 3.63) is 35.5 Å². The molecule has 17 heavy (non-hydrogen) atoms. The van der Waals surface area contributed by atoms with E-state index in [-0.39, 0.29) is 0 Å². The van der Waals surface area contributed by atoms with Gasteiger partial charge in [0.15, 0.2) is 0 Å². The van der Waals surface area contributed by atoms with Gasteiger partial charge in [0.2, 0.25) is 0 Å². The minimum Gasteiger partial charge on any atom is -0.359 e. The minimum atomic E-state index is 0.466. The van der Waals surface area contributed by atoms with Gasteiger partial charge >= 0.3 is 0 Å². The van der Waals surface area contributed by atoms with Crippen LogP contribution < -0.4 is 5.32 Å². The number of rotatable bonds is 1. The van der Waals surface area contributed by atoms with Gasteiger partial charge in [-0.2, -0.15) is 0 Å². The van der Waals surface area contributed by atoms with Crippen LogP contribution in [0.1, 0.15) is 17.3 Å². The fourth-order valence-electron chi connectivity index (χ4n) is 2.63. The maximum absolute atomic E-state index is 3.59. The van der Waals surface area contributed by atoms with E-state index < -0.39 is 0 Å². The molecule has 1 aromatic carbocycles. The summed E-state index contributed by atoms with van der Waals surface area (Å²) < 4.78 is 0. The predicted octanol–water partition coefficient (Wildman–Crippen LogP) is 2.05. The zero-order chi connectivity index (χ0) is 11.8. The maximum Gasteiger partial charge on any atom is 0.0456 e. The molecule has 1 atom stereocenters. The van der Waals surface area contributed by atoms with Crippen molar-refractivity contribution in [3.8, 4) is 0 Å². The molecule has 2 aromatic rings. The molecule has 1 aromatic heterocycles. The van der Waals surface area contributed by atoms with Gasteiger partial charge < -0.3 is 15.2 Å². The second kappa shape index (κ2) is 4.17. The fraction of sp³-hybridized carbons (Fsp3) is 0.429. The molecule has 90 valence electrons. The summed E-state index contributed by atoms with van der Waals surface area (Å²) in [7, 11) is 2.19. The molecule has 0 radical (unpaired) electrons. The Hall–Kier alpha value is -1.32. The SMILES string of the molecule is Cc1cc2cc(C3CN(C)CCN3)ccc2[nH]1. The molecular formula is C14H19N3. The van der Waals surface area contributed by atoms with Crippen LogP contribution in [0, 0.1) is 6.92 Å². The first-order chi connectivity index (χ1) is 8.22. The van der Waals surface area contributed by atoms with E-state index in [0.29, 0.717) is 6.04 Å². The highest BCUT2D eigenvalue weighted by Gasteiger charge is 2.18. The third-order valence-electron chi connectivity index (χ3n) is 3.56. The summed E-state index contributed by atoms with van der Waals surface area (Å²) in [6.07, 6.45) is 0. The molecule has 0 amide bonds. The highest BCUT2D eigenvalue weighted by Crippen LogP contribution is 2.22. The molecule has 2 N–H and O–H groups in total. The Morgan fingerprint density at radius 2 is 2.18 bits per heavy atom. The van der Waals surface area contributed by atoms with E-state index in [4.69, 9.17) is 0 Å². The van der Waals surface area contributed by atoms with E-state index in [9.17, 15) is 0 Å².